The van der Waals surface area contributed by atoms with E-state index in [9.17, 15) is 4.79 Å². The fourth-order valence-corrected chi connectivity index (χ4v) is 1.38. The maximum Gasteiger partial charge on any atom is 0.168 e. The first kappa shape index (κ1) is 9.40. The van der Waals surface area contributed by atoms with Crippen molar-refractivity contribution < 1.29 is 4.79 Å². The zero-order valence-electron chi connectivity index (χ0n) is 8.05. The second-order valence-electron chi connectivity index (χ2n) is 3.16. The fraction of sp³-hybridized carbons (Fsp3) is 0. The predicted molar refractivity (Wildman–Crippen MR) is 59.5 cm³/mol. The van der Waals surface area contributed by atoms with Crippen molar-refractivity contribution in [3.63, 3.8) is 0 Å². The minimum atomic E-state index is 0.392. The molecule has 0 amide bonds. The van der Waals surface area contributed by atoms with Crippen molar-refractivity contribution in [2.75, 3.05) is 5.73 Å². The number of pyridine rings is 1. The van der Waals surface area contributed by atoms with E-state index in [0.29, 0.717) is 23.4 Å². The Kier molecular flexibility index (Phi) is 2.46. The zero-order chi connectivity index (χ0) is 10.7. The van der Waals surface area contributed by atoms with Crippen LogP contribution in [-0.4, -0.2) is 11.3 Å². The molecule has 0 radical (unpaired) electrons. The van der Waals surface area contributed by atoms with Crippen molar-refractivity contribution in [3.05, 3.63) is 48.2 Å². The number of hydrogen-bond acceptors (Lipinski definition) is 3. The normalized spacial score (nSPS) is 9.87. The van der Waals surface area contributed by atoms with Crippen molar-refractivity contribution in [2.24, 2.45) is 0 Å². The van der Waals surface area contributed by atoms with Gasteiger partial charge < -0.3 is 5.73 Å². The molecule has 74 valence electrons. The number of benzene rings is 1. The lowest BCUT2D eigenvalue weighted by Crippen LogP contribution is -1.96. The van der Waals surface area contributed by atoms with Gasteiger partial charge in [-0.25, -0.2) is 4.98 Å². The topological polar surface area (TPSA) is 56.0 Å². The molecule has 0 saturated carbocycles. The summed E-state index contributed by atoms with van der Waals surface area (Å²) in [7, 11) is 0. The Bertz CT molecular complexity index is 480. The van der Waals surface area contributed by atoms with E-state index >= 15 is 0 Å². The van der Waals surface area contributed by atoms with E-state index in [-0.39, 0.29) is 0 Å². The summed E-state index contributed by atoms with van der Waals surface area (Å²) >= 11 is 0. The van der Waals surface area contributed by atoms with Gasteiger partial charge in [-0.15, -0.1) is 0 Å². The van der Waals surface area contributed by atoms with Crippen LogP contribution in [0.2, 0.25) is 0 Å². The average Bonchev–Trinajstić information content (AvgIpc) is 2.31. The average molecular weight is 198 g/mol. The van der Waals surface area contributed by atoms with Crippen molar-refractivity contribution in [3.8, 4) is 11.3 Å². The van der Waals surface area contributed by atoms with Crippen molar-refractivity contribution in [2.45, 2.75) is 0 Å². The summed E-state index contributed by atoms with van der Waals surface area (Å²) in [6.07, 6.45) is 0.714. The summed E-state index contributed by atoms with van der Waals surface area (Å²) in [5.41, 5.74) is 8.33. The number of hydrogen-bond donors (Lipinski definition) is 1. The molecule has 2 aromatic rings. The van der Waals surface area contributed by atoms with Crippen LogP contribution in [0.3, 0.4) is 0 Å². The van der Waals surface area contributed by atoms with Gasteiger partial charge in [-0.1, -0.05) is 30.3 Å². The minimum absolute atomic E-state index is 0.392. The maximum absolute atomic E-state index is 10.6. The largest absolute Gasteiger partial charge is 0.397 e. The Morgan fingerprint density at radius 2 is 1.80 bits per heavy atom. The molecule has 1 heterocycles. The van der Waals surface area contributed by atoms with Gasteiger partial charge >= 0.3 is 0 Å². The first-order valence-electron chi connectivity index (χ1n) is 4.58. The molecule has 0 aliphatic rings. The lowest BCUT2D eigenvalue weighted by Gasteiger charge is -2.04. The van der Waals surface area contributed by atoms with Gasteiger partial charge in [-0.2, -0.15) is 0 Å². The smallest absolute Gasteiger partial charge is 0.168 e. The van der Waals surface area contributed by atoms with Crippen LogP contribution in [0.1, 0.15) is 10.5 Å². The second-order valence-corrected chi connectivity index (χ2v) is 3.16. The number of nitrogens with two attached hydrogens (primary N) is 1. The Hall–Kier alpha value is -2.16. The lowest BCUT2D eigenvalue weighted by molar-refractivity contribution is 0.111. The first-order valence-corrected chi connectivity index (χ1v) is 4.58. The van der Waals surface area contributed by atoms with E-state index in [0.717, 1.165) is 5.56 Å². The molecule has 0 fully saturated rings. The van der Waals surface area contributed by atoms with Crippen LogP contribution in [0.25, 0.3) is 11.3 Å². The molecule has 0 aliphatic carbocycles. The van der Waals surface area contributed by atoms with Crippen LogP contribution >= 0.6 is 0 Å². The molecule has 3 heteroatoms. The number of rotatable bonds is 2. The minimum Gasteiger partial charge on any atom is -0.397 e. The van der Waals surface area contributed by atoms with Gasteiger partial charge in [0.15, 0.2) is 6.29 Å². The second kappa shape index (κ2) is 3.92. The van der Waals surface area contributed by atoms with E-state index < -0.39 is 0 Å². The summed E-state index contributed by atoms with van der Waals surface area (Å²) in [6, 6.07) is 12.9. The van der Waals surface area contributed by atoms with E-state index in [1.807, 2.05) is 30.3 Å². The Balaban J connectivity index is 2.57. The molecule has 0 spiro atoms. The summed E-state index contributed by atoms with van der Waals surface area (Å²) in [6.45, 7) is 0. The number of aromatic nitrogens is 1. The van der Waals surface area contributed by atoms with Gasteiger partial charge in [0.2, 0.25) is 0 Å². The van der Waals surface area contributed by atoms with Crippen LogP contribution < -0.4 is 5.73 Å². The van der Waals surface area contributed by atoms with Gasteiger partial charge in [0.25, 0.3) is 0 Å². The van der Waals surface area contributed by atoms with E-state index in [2.05, 4.69) is 4.98 Å². The van der Waals surface area contributed by atoms with Crippen LogP contribution in [0, 0.1) is 0 Å². The summed E-state index contributed by atoms with van der Waals surface area (Å²) in [5.74, 6) is 0. The third-order valence-corrected chi connectivity index (χ3v) is 2.12. The number of aldehydes is 1. The summed E-state index contributed by atoms with van der Waals surface area (Å²) < 4.78 is 0. The number of nitrogens with zero attached hydrogens (tertiary/aromatic N) is 1. The molecule has 2 N–H and O–H groups in total. The fourth-order valence-electron chi connectivity index (χ4n) is 1.38. The molecular weight excluding hydrogens is 188 g/mol. The molecule has 1 aromatic carbocycles. The summed E-state index contributed by atoms with van der Waals surface area (Å²) in [4.78, 5) is 14.8. The molecule has 1 aromatic heterocycles. The van der Waals surface area contributed by atoms with Gasteiger partial charge in [0.05, 0.1) is 11.4 Å². The highest BCUT2D eigenvalue weighted by atomic mass is 16.1. The van der Waals surface area contributed by atoms with Gasteiger partial charge in [-0.3, -0.25) is 4.79 Å². The molecule has 0 unspecified atom stereocenters. The van der Waals surface area contributed by atoms with Crippen LogP contribution in [0.4, 0.5) is 5.69 Å². The Morgan fingerprint density at radius 1 is 1.07 bits per heavy atom. The molecule has 0 aliphatic heterocycles. The third kappa shape index (κ3) is 1.86. The van der Waals surface area contributed by atoms with E-state index in [4.69, 9.17) is 5.73 Å². The van der Waals surface area contributed by atoms with E-state index in [1.165, 1.54) is 0 Å². The number of carbonyl (C=O) groups excluding carboxylic acids is 1. The highest BCUT2D eigenvalue weighted by molar-refractivity contribution is 5.78. The van der Waals surface area contributed by atoms with Crippen molar-refractivity contribution >= 4 is 12.0 Å². The molecule has 3 nitrogen and oxygen atoms in total. The monoisotopic (exact) mass is 198 g/mol. The van der Waals surface area contributed by atoms with Gasteiger partial charge in [0, 0.05) is 5.56 Å². The van der Waals surface area contributed by atoms with Crippen LogP contribution in [-0.2, 0) is 0 Å². The number of anilines is 1. The number of nitrogen functional groups attached to an aromatic ring is 1. The SMILES string of the molecule is Nc1ccc(C=O)nc1-c1ccccc1. The molecule has 2 rings (SSSR count). The predicted octanol–water partition coefficient (Wildman–Crippen LogP) is 2.14. The van der Waals surface area contributed by atoms with Crippen molar-refractivity contribution in [1.82, 2.24) is 4.98 Å². The first-order chi connectivity index (χ1) is 7.31. The lowest BCUT2D eigenvalue weighted by atomic mass is 10.1. The highest BCUT2D eigenvalue weighted by Gasteiger charge is 2.04. The van der Waals surface area contributed by atoms with Crippen molar-refractivity contribution in [1.29, 1.82) is 0 Å². The molecule has 0 saturated heterocycles. The summed E-state index contributed by atoms with van der Waals surface area (Å²) in [5, 5.41) is 0. The van der Waals surface area contributed by atoms with Crippen LogP contribution in [0.5, 0.6) is 0 Å². The third-order valence-electron chi connectivity index (χ3n) is 2.12. The highest BCUT2D eigenvalue weighted by Crippen LogP contribution is 2.22. The maximum atomic E-state index is 10.6. The Labute approximate surface area is 87.6 Å². The van der Waals surface area contributed by atoms with Gasteiger partial charge in [-0.05, 0) is 12.1 Å². The number of carbonyl (C=O) groups is 1. The molecular formula is C12H10N2O. The van der Waals surface area contributed by atoms with Gasteiger partial charge in [0.1, 0.15) is 5.69 Å². The Morgan fingerprint density at radius 3 is 2.47 bits per heavy atom. The molecule has 0 atom stereocenters. The zero-order valence-corrected chi connectivity index (χ0v) is 8.05. The molecule has 0 bridgehead atoms. The standard InChI is InChI=1S/C12H10N2O/c13-11-7-6-10(8-15)14-12(11)9-4-2-1-3-5-9/h1-8H,13H2. The van der Waals surface area contributed by atoms with E-state index in [1.54, 1.807) is 12.1 Å². The quantitative estimate of drug-likeness (QED) is 0.752. The molecule has 15 heavy (non-hydrogen) atoms. The van der Waals surface area contributed by atoms with Crippen LogP contribution in [0.15, 0.2) is 42.5 Å².